The molecule has 58 valence electrons. The van der Waals surface area contributed by atoms with Crippen molar-refractivity contribution in [3.05, 3.63) is 29.0 Å². The summed E-state index contributed by atoms with van der Waals surface area (Å²) < 4.78 is 0. The molecular formula is C8H9ClN2. The number of aromatic nitrogens is 1. The van der Waals surface area contributed by atoms with Crippen LogP contribution in [-0.2, 0) is 5.54 Å². The fourth-order valence-corrected chi connectivity index (χ4v) is 1.44. The first-order valence-electron chi connectivity index (χ1n) is 3.61. The Morgan fingerprint density at radius 3 is 2.82 bits per heavy atom. The molecule has 1 aliphatic carbocycles. The van der Waals surface area contributed by atoms with Crippen molar-refractivity contribution in [3.63, 3.8) is 0 Å². The van der Waals surface area contributed by atoms with E-state index in [0.29, 0.717) is 0 Å². The SMILES string of the molecule is NC1(c2cnccc2Cl)CC1. The molecule has 1 fully saturated rings. The second-order valence-corrected chi connectivity index (χ2v) is 3.42. The summed E-state index contributed by atoms with van der Waals surface area (Å²) in [6.07, 6.45) is 5.49. The third kappa shape index (κ3) is 1.12. The molecule has 0 atom stereocenters. The average Bonchev–Trinajstić information content (AvgIpc) is 2.70. The van der Waals surface area contributed by atoms with Crippen LogP contribution in [0.4, 0.5) is 0 Å². The molecular weight excluding hydrogens is 160 g/mol. The zero-order valence-corrected chi connectivity index (χ0v) is 6.80. The molecule has 1 saturated carbocycles. The number of nitrogens with zero attached hydrogens (tertiary/aromatic N) is 1. The van der Waals surface area contributed by atoms with Crippen molar-refractivity contribution in [2.45, 2.75) is 18.4 Å². The highest BCUT2D eigenvalue weighted by molar-refractivity contribution is 6.31. The van der Waals surface area contributed by atoms with E-state index in [2.05, 4.69) is 4.98 Å². The van der Waals surface area contributed by atoms with Gasteiger partial charge in [-0.15, -0.1) is 0 Å². The fraction of sp³-hybridized carbons (Fsp3) is 0.375. The Bertz CT molecular complexity index is 281. The van der Waals surface area contributed by atoms with Gasteiger partial charge in [0.25, 0.3) is 0 Å². The zero-order chi connectivity index (χ0) is 7.90. The lowest BCUT2D eigenvalue weighted by molar-refractivity contribution is 0.735. The van der Waals surface area contributed by atoms with Crippen LogP contribution in [0.3, 0.4) is 0 Å². The highest BCUT2D eigenvalue weighted by Gasteiger charge is 2.41. The minimum atomic E-state index is -0.161. The van der Waals surface area contributed by atoms with Gasteiger partial charge in [-0.2, -0.15) is 0 Å². The van der Waals surface area contributed by atoms with Crippen molar-refractivity contribution in [1.29, 1.82) is 0 Å². The van der Waals surface area contributed by atoms with Crippen molar-refractivity contribution >= 4 is 11.6 Å². The standard InChI is InChI=1S/C8H9ClN2/c9-7-1-4-11-5-6(7)8(10)2-3-8/h1,4-5H,2-3,10H2. The molecule has 2 rings (SSSR count). The van der Waals surface area contributed by atoms with E-state index in [1.54, 1.807) is 18.5 Å². The van der Waals surface area contributed by atoms with Gasteiger partial charge in [-0.05, 0) is 18.9 Å². The summed E-state index contributed by atoms with van der Waals surface area (Å²) >= 11 is 5.93. The number of rotatable bonds is 1. The van der Waals surface area contributed by atoms with Gasteiger partial charge in [0, 0.05) is 28.5 Å². The minimum absolute atomic E-state index is 0.161. The van der Waals surface area contributed by atoms with Gasteiger partial charge in [0.1, 0.15) is 0 Å². The van der Waals surface area contributed by atoms with Crippen molar-refractivity contribution in [3.8, 4) is 0 Å². The summed E-state index contributed by atoms with van der Waals surface area (Å²) in [4.78, 5) is 3.99. The van der Waals surface area contributed by atoms with Crippen molar-refractivity contribution in [2.24, 2.45) is 5.73 Å². The van der Waals surface area contributed by atoms with E-state index < -0.39 is 0 Å². The Balaban J connectivity index is 2.45. The topological polar surface area (TPSA) is 38.9 Å². The molecule has 2 nitrogen and oxygen atoms in total. The maximum atomic E-state index is 5.94. The molecule has 0 amide bonds. The van der Waals surface area contributed by atoms with Gasteiger partial charge >= 0.3 is 0 Å². The zero-order valence-electron chi connectivity index (χ0n) is 6.05. The molecule has 1 aromatic heterocycles. The number of halogens is 1. The van der Waals surface area contributed by atoms with E-state index >= 15 is 0 Å². The Hall–Kier alpha value is -0.600. The molecule has 3 heteroatoms. The predicted octanol–water partition coefficient (Wildman–Crippen LogP) is 1.68. The second-order valence-electron chi connectivity index (χ2n) is 3.01. The highest BCUT2D eigenvalue weighted by Crippen LogP contribution is 2.44. The van der Waals surface area contributed by atoms with E-state index in [9.17, 15) is 0 Å². The van der Waals surface area contributed by atoms with E-state index in [4.69, 9.17) is 17.3 Å². The van der Waals surface area contributed by atoms with Crippen LogP contribution in [0, 0.1) is 0 Å². The lowest BCUT2D eigenvalue weighted by Crippen LogP contribution is -2.19. The summed E-state index contributed by atoms with van der Waals surface area (Å²) in [5, 5.41) is 0.736. The van der Waals surface area contributed by atoms with Crippen LogP contribution in [0.1, 0.15) is 18.4 Å². The van der Waals surface area contributed by atoms with Crippen LogP contribution < -0.4 is 5.73 Å². The second kappa shape index (κ2) is 2.19. The quantitative estimate of drug-likeness (QED) is 0.693. The Morgan fingerprint density at radius 2 is 2.27 bits per heavy atom. The van der Waals surface area contributed by atoms with Gasteiger partial charge in [-0.3, -0.25) is 4.98 Å². The van der Waals surface area contributed by atoms with Crippen LogP contribution >= 0.6 is 11.6 Å². The molecule has 0 bridgehead atoms. The largest absolute Gasteiger partial charge is 0.321 e. The summed E-state index contributed by atoms with van der Waals surface area (Å²) in [6, 6.07) is 1.78. The van der Waals surface area contributed by atoms with Gasteiger partial charge in [-0.25, -0.2) is 0 Å². The molecule has 1 aliphatic rings. The molecule has 1 heterocycles. The van der Waals surface area contributed by atoms with Gasteiger partial charge in [0.05, 0.1) is 0 Å². The monoisotopic (exact) mass is 168 g/mol. The molecule has 0 radical (unpaired) electrons. The summed E-state index contributed by atoms with van der Waals surface area (Å²) in [5.74, 6) is 0. The van der Waals surface area contributed by atoms with Crippen molar-refractivity contribution in [1.82, 2.24) is 4.98 Å². The summed E-state index contributed by atoms with van der Waals surface area (Å²) in [5.41, 5.74) is 6.77. The third-order valence-corrected chi connectivity index (χ3v) is 2.42. The number of pyridine rings is 1. The first kappa shape index (κ1) is 7.07. The Morgan fingerprint density at radius 1 is 1.55 bits per heavy atom. The van der Waals surface area contributed by atoms with Gasteiger partial charge in [0.2, 0.25) is 0 Å². The van der Waals surface area contributed by atoms with E-state index in [1.165, 1.54) is 0 Å². The average molecular weight is 169 g/mol. The first-order valence-corrected chi connectivity index (χ1v) is 3.99. The maximum absolute atomic E-state index is 5.94. The van der Waals surface area contributed by atoms with Crippen LogP contribution in [0.25, 0.3) is 0 Å². The highest BCUT2D eigenvalue weighted by atomic mass is 35.5. The normalized spacial score (nSPS) is 19.8. The molecule has 0 saturated heterocycles. The molecule has 1 aromatic rings. The Kier molecular flexibility index (Phi) is 1.41. The smallest absolute Gasteiger partial charge is 0.0487 e. The van der Waals surface area contributed by atoms with Crippen LogP contribution in [0.2, 0.25) is 5.02 Å². The predicted molar refractivity (Wildman–Crippen MR) is 44.3 cm³/mol. The summed E-state index contributed by atoms with van der Waals surface area (Å²) in [7, 11) is 0. The van der Waals surface area contributed by atoms with E-state index in [0.717, 1.165) is 23.4 Å². The number of hydrogen-bond donors (Lipinski definition) is 1. The van der Waals surface area contributed by atoms with Crippen LogP contribution in [0.5, 0.6) is 0 Å². The van der Waals surface area contributed by atoms with Crippen LogP contribution in [-0.4, -0.2) is 4.98 Å². The van der Waals surface area contributed by atoms with Gasteiger partial charge < -0.3 is 5.73 Å². The molecule has 11 heavy (non-hydrogen) atoms. The van der Waals surface area contributed by atoms with E-state index in [1.807, 2.05) is 0 Å². The lowest BCUT2D eigenvalue weighted by Gasteiger charge is -2.09. The maximum Gasteiger partial charge on any atom is 0.0487 e. The fourth-order valence-electron chi connectivity index (χ4n) is 1.15. The van der Waals surface area contributed by atoms with Crippen LogP contribution in [0.15, 0.2) is 18.5 Å². The molecule has 0 aliphatic heterocycles. The first-order chi connectivity index (χ1) is 5.22. The van der Waals surface area contributed by atoms with Gasteiger partial charge in [0.15, 0.2) is 0 Å². The Labute approximate surface area is 70.4 Å². The third-order valence-electron chi connectivity index (χ3n) is 2.09. The molecule has 0 spiro atoms. The van der Waals surface area contributed by atoms with Crippen molar-refractivity contribution < 1.29 is 0 Å². The minimum Gasteiger partial charge on any atom is -0.321 e. The lowest BCUT2D eigenvalue weighted by atomic mass is 10.1. The molecule has 0 aromatic carbocycles. The van der Waals surface area contributed by atoms with Gasteiger partial charge in [-0.1, -0.05) is 11.6 Å². The van der Waals surface area contributed by atoms with E-state index in [-0.39, 0.29) is 5.54 Å². The number of hydrogen-bond acceptors (Lipinski definition) is 2. The summed E-state index contributed by atoms with van der Waals surface area (Å²) in [6.45, 7) is 0. The number of nitrogens with two attached hydrogens (primary N) is 1. The molecule has 0 unspecified atom stereocenters. The van der Waals surface area contributed by atoms with Crippen molar-refractivity contribution in [2.75, 3.05) is 0 Å². The molecule has 2 N–H and O–H groups in total.